The topological polar surface area (TPSA) is 94.9 Å². The maximum atomic E-state index is 11.5. The van der Waals surface area contributed by atoms with Crippen LogP contribution in [0.25, 0.3) is 0 Å². The molecular weight excluding hydrogens is 258 g/mol. The van der Waals surface area contributed by atoms with Crippen molar-refractivity contribution in [2.45, 2.75) is 44.9 Å². The van der Waals surface area contributed by atoms with Crippen molar-refractivity contribution >= 4 is 15.8 Å². The van der Waals surface area contributed by atoms with E-state index in [2.05, 4.69) is 0 Å². The van der Waals surface area contributed by atoms with Gasteiger partial charge >= 0.3 is 5.97 Å². The fourth-order valence-corrected chi connectivity index (χ4v) is 4.16. The van der Waals surface area contributed by atoms with Gasteiger partial charge < -0.3 is 10.2 Å². The Bertz CT molecular complexity index is 392. The van der Waals surface area contributed by atoms with E-state index in [-0.39, 0.29) is 24.0 Å². The molecule has 0 amide bonds. The maximum absolute atomic E-state index is 11.5. The molecule has 1 rings (SSSR count). The van der Waals surface area contributed by atoms with Gasteiger partial charge in [-0.3, -0.25) is 9.69 Å². The molecule has 0 aromatic heterocycles. The molecule has 2 atom stereocenters. The zero-order valence-corrected chi connectivity index (χ0v) is 11.6. The van der Waals surface area contributed by atoms with E-state index in [1.54, 1.807) is 0 Å². The lowest BCUT2D eigenvalue weighted by Gasteiger charge is -2.33. The number of aliphatic hydroxyl groups is 1. The van der Waals surface area contributed by atoms with Crippen LogP contribution >= 0.6 is 0 Å². The van der Waals surface area contributed by atoms with Crippen LogP contribution < -0.4 is 0 Å². The van der Waals surface area contributed by atoms with E-state index in [1.807, 2.05) is 18.7 Å². The van der Waals surface area contributed by atoms with E-state index in [9.17, 15) is 18.3 Å². The maximum Gasteiger partial charge on any atom is 0.303 e. The normalized spacial score (nSPS) is 26.9. The van der Waals surface area contributed by atoms with E-state index in [4.69, 9.17) is 5.11 Å². The molecule has 18 heavy (non-hydrogen) atoms. The first-order chi connectivity index (χ1) is 8.23. The molecule has 0 aromatic rings. The summed E-state index contributed by atoms with van der Waals surface area (Å²) in [6.07, 6.45) is -0.363. The number of carboxylic acids is 1. The standard InChI is InChI=1S/C11H21NO5S/c1-8(2)12(5-3-4-11(14)15)9-6-18(16,17)7-10(9)13/h8-10,13H,3-7H2,1-2H3,(H,14,15). The summed E-state index contributed by atoms with van der Waals surface area (Å²) in [5, 5.41) is 18.4. The fraction of sp³-hybridized carbons (Fsp3) is 0.909. The van der Waals surface area contributed by atoms with Crippen molar-refractivity contribution in [3.63, 3.8) is 0 Å². The minimum absolute atomic E-state index is 0.0422. The van der Waals surface area contributed by atoms with Gasteiger partial charge in [-0.25, -0.2) is 8.42 Å². The average molecular weight is 279 g/mol. The molecule has 0 radical (unpaired) electrons. The number of aliphatic hydroxyl groups excluding tert-OH is 1. The third kappa shape index (κ3) is 4.22. The number of nitrogens with zero attached hydrogens (tertiary/aromatic N) is 1. The summed E-state index contributed by atoms with van der Waals surface area (Å²) < 4.78 is 23.0. The number of aliphatic carboxylic acids is 1. The molecule has 0 saturated carbocycles. The smallest absolute Gasteiger partial charge is 0.303 e. The van der Waals surface area contributed by atoms with Crippen LogP contribution in [-0.4, -0.2) is 65.7 Å². The quantitative estimate of drug-likeness (QED) is 0.694. The Balaban J connectivity index is 2.65. The number of sulfone groups is 1. The second kappa shape index (κ2) is 5.99. The molecular formula is C11H21NO5S. The molecule has 1 aliphatic rings. The van der Waals surface area contributed by atoms with Gasteiger partial charge in [-0.2, -0.15) is 0 Å². The number of hydrogen-bond donors (Lipinski definition) is 2. The number of rotatable bonds is 6. The van der Waals surface area contributed by atoms with Crippen molar-refractivity contribution in [2.75, 3.05) is 18.1 Å². The van der Waals surface area contributed by atoms with Crippen LogP contribution in [-0.2, 0) is 14.6 Å². The summed E-state index contributed by atoms with van der Waals surface area (Å²) in [5.41, 5.74) is 0. The molecule has 0 bridgehead atoms. The third-order valence-electron chi connectivity index (χ3n) is 3.19. The number of hydrogen-bond acceptors (Lipinski definition) is 5. The zero-order valence-electron chi connectivity index (χ0n) is 10.7. The van der Waals surface area contributed by atoms with Gasteiger partial charge in [0.05, 0.1) is 23.7 Å². The molecule has 0 aromatic carbocycles. The van der Waals surface area contributed by atoms with Crippen molar-refractivity contribution in [2.24, 2.45) is 0 Å². The Morgan fingerprint density at radius 1 is 1.39 bits per heavy atom. The summed E-state index contributed by atoms with van der Waals surface area (Å²) >= 11 is 0. The lowest BCUT2D eigenvalue weighted by Crippen LogP contribution is -2.47. The molecule has 1 aliphatic heterocycles. The van der Waals surface area contributed by atoms with Gasteiger partial charge in [-0.05, 0) is 26.8 Å². The Labute approximate surface area is 108 Å². The number of carboxylic acid groups (broad SMARTS) is 1. The van der Waals surface area contributed by atoms with Crippen LogP contribution in [0.3, 0.4) is 0 Å². The van der Waals surface area contributed by atoms with Crippen LogP contribution in [0.15, 0.2) is 0 Å². The van der Waals surface area contributed by atoms with Crippen LogP contribution in [0.4, 0.5) is 0 Å². The predicted molar refractivity (Wildman–Crippen MR) is 67.2 cm³/mol. The van der Waals surface area contributed by atoms with E-state index in [0.29, 0.717) is 13.0 Å². The van der Waals surface area contributed by atoms with E-state index >= 15 is 0 Å². The van der Waals surface area contributed by atoms with Crippen molar-refractivity contribution in [3.8, 4) is 0 Å². The molecule has 6 nitrogen and oxygen atoms in total. The molecule has 7 heteroatoms. The zero-order chi connectivity index (χ0) is 13.9. The van der Waals surface area contributed by atoms with Crippen LogP contribution in [0, 0.1) is 0 Å². The molecule has 1 fully saturated rings. The first-order valence-electron chi connectivity index (χ1n) is 6.09. The Morgan fingerprint density at radius 2 is 2.00 bits per heavy atom. The summed E-state index contributed by atoms with van der Waals surface area (Å²) in [6, 6.07) is -0.337. The summed E-state index contributed by atoms with van der Waals surface area (Å²) in [5.74, 6) is -1.10. The Kier molecular flexibility index (Phi) is 5.12. The second-order valence-corrected chi connectivity index (χ2v) is 7.19. The Hall–Kier alpha value is -0.660. The van der Waals surface area contributed by atoms with E-state index < -0.39 is 28.0 Å². The van der Waals surface area contributed by atoms with Gasteiger partial charge in [0.25, 0.3) is 0 Å². The van der Waals surface area contributed by atoms with Crippen molar-refractivity contribution in [1.29, 1.82) is 0 Å². The highest BCUT2D eigenvalue weighted by Gasteiger charge is 2.40. The van der Waals surface area contributed by atoms with Crippen LogP contribution in [0.1, 0.15) is 26.7 Å². The van der Waals surface area contributed by atoms with Gasteiger partial charge in [-0.1, -0.05) is 0 Å². The molecule has 2 unspecified atom stereocenters. The molecule has 106 valence electrons. The summed E-state index contributed by atoms with van der Waals surface area (Å²) in [6.45, 7) is 4.32. The molecule has 0 spiro atoms. The molecule has 0 aliphatic carbocycles. The molecule has 1 saturated heterocycles. The minimum Gasteiger partial charge on any atom is -0.481 e. The molecule has 1 heterocycles. The highest BCUT2D eigenvalue weighted by Crippen LogP contribution is 2.21. The predicted octanol–water partition coefficient (Wildman–Crippen LogP) is -0.280. The largest absolute Gasteiger partial charge is 0.481 e. The van der Waals surface area contributed by atoms with Gasteiger partial charge in [0.2, 0.25) is 0 Å². The first kappa shape index (κ1) is 15.4. The highest BCUT2D eigenvalue weighted by molar-refractivity contribution is 7.91. The van der Waals surface area contributed by atoms with Gasteiger partial charge in [0, 0.05) is 12.5 Å². The monoisotopic (exact) mass is 279 g/mol. The third-order valence-corrected chi connectivity index (χ3v) is 4.89. The van der Waals surface area contributed by atoms with E-state index in [1.165, 1.54) is 0 Å². The van der Waals surface area contributed by atoms with Crippen molar-refractivity contribution in [3.05, 3.63) is 0 Å². The van der Waals surface area contributed by atoms with E-state index in [0.717, 1.165) is 0 Å². The lowest BCUT2D eigenvalue weighted by atomic mass is 10.1. The summed E-state index contributed by atoms with van der Waals surface area (Å²) in [7, 11) is -3.17. The minimum atomic E-state index is -3.17. The van der Waals surface area contributed by atoms with Gasteiger partial charge in [-0.15, -0.1) is 0 Å². The summed E-state index contributed by atoms with van der Waals surface area (Å²) in [4.78, 5) is 12.4. The average Bonchev–Trinajstić information content (AvgIpc) is 2.46. The lowest BCUT2D eigenvalue weighted by molar-refractivity contribution is -0.137. The van der Waals surface area contributed by atoms with Crippen LogP contribution in [0.2, 0.25) is 0 Å². The SMILES string of the molecule is CC(C)N(CCCC(=O)O)C1CS(=O)(=O)CC1O. The van der Waals surface area contributed by atoms with Gasteiger partial charge in [0.15, 0.2) is 9.84 Å². The highest BCUT2D eigenvalue weighted by atomic mass is 32.2. The fourth-order valence-electron chi connectivity index (χ4n) is 2.35. The second-order valence-electron chi connectivity index (χ2n) is 5.04. The number of carbonyl (C=O) groups is 1. The van der Waals surface area contributed by atoms with Crippen LogP contribution in [0.5, 0.6) is 0 Å². The van der Waals surface area contributed by atoms with Crippen molar-refractivity contribution < 1.29 is 23.4 Å². The Morgan fingerprint density at radius 3 is 2.39 bits per heavy atom. The van der Waals surface area contributed by atoms with Gasteiger partial charge in [0.1, 0.15) is 0 Å². The molecule has 2 N–H and O–H groups in total. The van der Waals surface area contributed by atoms with Crippen molar-refractivity contribution in [1.82, 2.24) is 4.90 Å². The first-order valence-corrected chi connectivity index (χ1v) is 7.91.